The predicted octanol–water partition coefficient (Wildman–Crippen LogP) is 5.06. The van der Waals surface area contributed by atoms with Gasteiger partial charge in [0.25, 0.3) is 5.91 Å². The van der Waals surface area contributed by atoms with Crippen molar-refractivity contribution in [3.8, 4) is 5.75 Å². The van der Waals surface area contributed by atoms with Crippen LogP contribution in [0.3, 0.4) is 0 Å². The highest BCUT2D eigenvalue weighted by Gasteiger charge is 2.11. The third-order valence-corrected chi connectivity index (χ3v) is 5.02. The van der Waals surface area contributed by atoms with Crippen LogP contribution in [0.25, 0.3) is 0 Å². The Balaban J connectivity index is 1.56. The van der Waals surface area contributed by atoms with Crippen LogP contribution in [-0.2, 0) is 0 Å². The molecule has 3 aromatic rings. The lowest BCUT2D eigenvalue weighted by Crippen LogP contribution is -2.13. The van der Waals surface area contributed by atoms with Crippen LogP contribution in [0.2, 0.25) is 0 Å². The van der Waals surface area contributed by atoms with E-state index in [0.717, 1.165) is 4.90 Å². The van der Waals surface area contributed by atoms with Gasteiger partial charge in [-0.25, -0.2) is 4.39 Å². The summed E-state index contributed by atoms with van der Waals surface area (Å²) in [6.45, 7) is 0. The average molecular weight is 395 g/mol. The molecule has 4 nitrogen and oxygen atoms in total. The molecule has 0 aliphatic carbocycles. The number of amides is 1. The zero-order valence-electron chi connectivity index (χ0n) is 15.1. The molecule has 0 fully saturated rings. The van der Waals surface area contributed by atoms with Gasteiger partial charge in [0.1, 0.15) is 11.6 Å². The van der Waals surface area contributed by atoms with Gasteiger partial charge >= 0.3 is 0 Å². The van der Waals surface area contributed by atoms with E-state index in [1.165, 1.54) is 30.0 Å². The highest BCUT2D eigenvalue weighted by Crippen LogP contribution is 2.22. The number of ether oxygens (including phenoxy) is 1. The second-order valence-corrected chi connectivity index (χ2v) is 6.95. The van der Waals surface area contributed by atoms with E-state index >= 15 is 0 Å². The van der Waals surface area contributed by atoms with Crippen molar-refractivity contribution >= 4 is 29.1 Å². The van der Waals surface area contributed by atoms with Gasteiger partial charge in [-0.05, 0) is 60.7 Å². The maximum atomic E-state index is 13.7. The first-order valence-electron chi connectivity index (χ1n) is 8.53. The number of Topliss-reactive ketones (excluding diaryl/α,β-unsaturated/α-hetero) is 1. The highest BCUT2D eigenvalue weighted by atomic mass is 32.2. The fourth-order valence-corrected chi connectivity index (χ4v) is 3.28. The minimum Gasteiger partial charge on any atom is -0.497 e. The number of carbonyl (C=O) groups excluding carboxylic acids is 2. The van der Waals surface area contributed by atoms with Gasteiger partial charge in [-0.2, -0.15) is 0 Å². The van der Waals surface area contributed by atoms with Gasteiger partial charge in [-0.15, -0.1) is 11.8 Å². The molecule has 0 aliphatic heterocycles. The highest BCUT2D eigenvalue weighted by molar-refractivity contribution is 8.00. The molecule has 0 heterocycles. The molecule has 28 heavy (non-hydrogen) atoms. The molecule has 0 saturated carbocycles. The van der Waals surface area contributed by atoms with Gasteiger partial charge in [0.2, 0.25) is 0 Å². The molecule has 0 saturated heterocycles. The van der Waals surface area contributed by atoms with Gasteiger partial charge in [-0.1, -0.05) is 12.1 Å². The van der Waals surface area contributed by atoms with Gasteiger partial charge in [0.15, 0.2) is 5.78 Å². The van der Waals surface area contributed by atoms with Crippen LogP contribution >= 0.6 is 11.8 Å². The molecular formula is C22H18FNO3S. The molecule has 0 spiro atoms. The Kier molecular flexibility index (Phi) is 6.45. The van der Waals surface area contributed by atoms with Crippen molar-refractivity contribution in [2.45, 2.75) is 4.90 Å². The molecule has 0 unspecified atom stereocenters. The lowest BCUT2D eigenvalue weighted by molar-refractivity contribution is 0.101. The van der Waals surface area contributed by atoms with Crippen LogP contribution in [0.1, 0.15) is 20.7 Å². The number of rotatable bonds is 7. The number of nitrogens with one attached hydrogen (secondary N) is 1. The lowest BCUT2D eigenvalue weighted by atomic mass is 10.1. The quantitative estimate of drug-likeness (QED) is 0.449. The van der Waals surface area contributed by atoms with Crippen molar-refractivity contribution in [2.75, 3.05) is 18.2 Å². The van der Waals surface area contributed by atoms with Gasteiger partial charge in [0, 0.05) is 16.1 Å². The number of methoxy groups -OCH3 is 1. The Labute approximate surface area is 166 Å². The first-order valence-corrected chi connectivity index (χ1v) is 9.51. The second-order valence-electron chi connectivity index (χ2n) is 5.90. The summed E-state index contributed by atoms with van der Waals surface area (Å²) in [6.07, 6.45) is 0. The summed E-state index contributed by atoms with van der Waals surface area (Å²) in [7, 11) is 1.58. The number of ketones is 1. The molecule has 3 aromatic carbocycles. The van der Waals surface area contributed by atoms with Crippen molar-refractivity contribution in [3.63, 3.8) is 0 Å². The summed E-state index contributed by atoms with van der Waals surface area (Å²) in [4.78, 5) is 25.3. The fourth-order valence-electron chi connectivity index (χ4n) is 2.49. The molecule has 0 bridgehead atoms. The Morgan fingerprint density at radius 3 is 2.29 bits per heavy atom. The van der Waals surface area contributed by atoms with Crippen LogP contribution in [0, 0.1) is 5.82 Å². The number of benzene rings is 3. The normalized spacial score (nSPS) is 10.4. The average Bonchev–Trinajstić information content (AvgIpc) is 2.73. The summed E-state index contributed by atoms with van der Waals surface area (Å²) >= 11 is 1.41. The Hall–Kier alpha value is -3.12. The topological polar surface area (TPSA) is 55.4 Å². The van der Waals surface area contributed by atoms with Crippen LogP contribution in [-0.4, -0.2) is 24.6 Å². The Morgan fingerprint density at radius 2 is 1.64 bits per heavy atom. The smallest absolute Gasteiger partial charge is 0.258 e. The molecule has 3 rings (SSSR count). The minimum atomic E-state index is -0.566. The molecule has 0 aromatic heterocycles. The fraction of sp³-hybridized carbons (Fsp3) is 0.0909. The number of thioether (sulfide) groups is 1. The van der Waals surface area contributed by atoms with E-state index < -0.39 is 11.7 Å². The number of hydrogen-bond acceptors (Lipinski definition) is 4. The van der Waals surface area contributed by atoms with E-state index in [4.69, 9.17) is 4.74 Å². The van der Waals surface area contributed by atoms with Crippen molar-refractivity contribution < 1.29 is 18.7 Å². The van der Waals surface area contributed by atoms with Gasteiger partial charge in [-0.3, -0.25) is 9.59 Å². The molecule has 6 heteroatoms. The van der Waals surface area contributed by atoms with Crippen LogP contribution < -0.4 is 10.1 Å². The van der Waals surface area contributed by atoms with E-state index in [1.807, 2.05) is 12.1 Å². The van der Waals surface area contributed by atoms with Crippen LogP contribution in [0.5, 0.6) is 5.75 Å². The summed E-state index contributed by atoms with van der Waals surface area (Å²) in [5.41, 5.74) is 1.17. The maximum Gasteiger partial charge on any atom is 0.258 e. The van der Waals surface area contributed by atoms with Crippen molar-refractivity contribution in [1.29, 1.82) is 0 Å². The molecule has 142 valence electrons. The zero-order chi connectivity index (χ0) is 19.9. The SMILES string of the molecule is COc1ccc(C(=O)CSc2ccc(NC(=O)c3ccccc3F)cc2)cc1. The van der Waals surface area contributed by atoms with Gasteiger partial charge in [0.05, 0.1) is 18.4 Å². The zero-order valence-corrected chi connectivity index (χ0v) is 16.0. The monoisotopic (exact) mass is 395 g/mol. The number of halogens is 1. The maximum absolute atomic E-state index is 13.7. The number of anilines is 1. The molecule has 0 atom stereocenters. The predicted molar refractivity (Wildman–Crippen MR) is 109 cm³/mol. The molecule has 0 radical (unpaired) electrons. The van der Waals surface area contributed by atoms with Crippen molar-refractivity contribution in [2.24, 2.45) is 0 Å². The van der Waals surface area contributed by atoms with Crippen molar-refractivity contribution in [1.82, 2.24) is 0 Å². The molecule has 1 amide bonds. The van der Waals surface area contributed by atoms with E-state index in [1.54, 1.807) is 49.6 Å². The molecule has 1 N–H and O–H groups in total. The Morgan fingerprint density at radius 1 is 0.964 bits per heavy atom. The number of carbonyl (C=O) groups is 2. The Bertz CT molecular complexity index is 972. The van der Waals surface area contributed by atoms with Crippen LogP contribution in [0.4, 0.5) is 10.1 Å². The first-order chi connectivity index (χ1) is 13.6. The summed E-state index contributed by atoms with van der Waals surface area (Å²) in [6, 6.07) is 19.9. The summed E-state index contributed by atoms with van der Waals surface area (Å²) in [5.74, 6) is -0.0491. The van der Waals surface area contributed by atoms with E-state index in [2.05, 4.69) is 5.32 Å². The standard InChI is InChI=1S/C22H18FNO3S/c1-27-17-10-6-15(7-11-17)21(25)14-28-18-12-8-16(9-13-18)24-22(26)19-4-2-3-5-20(19)23/h2-13H,14H2,1H3,(H,24,26). The summed E-state index contributed by atoms with van der Waals surface area (Å²) in [5, 5.41) is 2.66. The number of hydrogen-bond donors (Lipinski definition) is 1. The van der Waals surface area contributed by atoms with E-state index in [9.17, 15) is 14.0 Å². The molecule has 0 aliphatic rings. The van der Waals surface area contributed by atoms with E-state index in [-0.39, 0.29) is 11.3 Å². The third-order valence-electron chi connectivity index (χ3n) is 4.01. The van der Waals surface area contributed by atoms with Gasteiger partial charge < -0.3 is 10.1 Å². The minimum absolute atomic E-state index is 0.00830. The van der Waals surface area contributed by atoms with E-state index in [0.29, 0.717) is 22.8 Å². The first kappa shape index (κ1) is 19.6. The van der Waals surface area contributed by atoms with Crippen LogP contribution in [0.15, 0.2) is 77.7 Å². The molecular weight excluding hydrogens is 377 g/mol. The largest absolute Gasteiger partial charge is 0.497 e. The lowest BCUT2D eigenvalue weighted by Gasteiger charge is -2.07. The second kappa shape index (κ2) is 9.19. The summed E-state index contributed by atoms with van der Waals surface area (Å²) < 4.78 is 18.7. The third kappa shape index (κ3) is 4.98. The van der Waals surface area contributed by atoms with Crippen molar-refractivity contribution in [3.05, 3.63) is 89.7 Å².